The highest BCUT2D eigenvalue weighted by molar-refractivity contribution is 7.68. The van der Waals surface area contributed by atoms with Crippen molar-refractivity contribution >= 4 is 18.4 Å². The Kier molecular flexibility index (Phi) is 4.05. The molecule has 130 valence electrons. The average molecular weight is 364 g/mol. The van der Waals surface area contributed by atoms with Gasteiger partial charge < -0.3 is 4.52 Å². The lowest BCUT2D eigenvalue weighted by atomic mass is 9.98. The van der Waals surface area contributed by atoms with Gasteiger partial charge in [-0.2, -0.15) is 0 Å². The number of benzene rings is 3. The highest BCUT2D eigenvalue weighted by Gasteiger charge is 2.53. The van der Waals surface area contributed by atoms with E-state index in [9.17, 15) is 8.96 Å². The topological polar surface area (TPSA) is 26.3 Å². The molecule has 0 fully saturated rings. The van der Waals surface area contributed by atoms with Crippen molar-refractivity contribution in [3.63, 3.8) is 0 Å². The zero-order chi connectivity index (χ0) is 18.2. The summed E-state index contributed by atoms with van der Waals surface area (Å²) in [5, 5.41) is -0.329. The first kappa shape index (κ1) is 16.8. The Morgan fingerprint density at radius 1 is 0.846 bits per heavy atom. The van der Waals surface area contributed by atoms with Gasteiger partial charge >= 0.3 is 0 Å². The maximum Gasteiger partial charge on any atom is 0.291 e. The van der Waals surface area contributed by atoms with E-state index >= 15 is 0 Å². The van der Waals surface area contributed by atoms with Crippen LogP contribution in [0.3, 0.4) is 0 Å². The molecular formula is C22H18FO2P. The maximum absolute atomic E-state index is 14.2. The molecule has 1 aliphatic heterocycles. The van der Waals surface area contributed by atoms with Crippen LogP contribution in [0, 0.1) is 5.82 Å². The van der Waals surface area contributed by atoms with Gasteiger partial charge in [0.05, 0.1) is 0 Å². The third kappa shape index (κ3) is 2.60. The Morgan fingerprint density at radius 3 is 2.04 bits per heavy atom. The van der Waals surface area contributed by atoms with E-state index in [-0.39, 0.29) is 5.82 Å². The van der Waals surface area contributed by atoms with Crippen LogP contribution in [0.4, 0.5) is 4.39 Å². The van der Waals surface area contributed by atoms with E-state index < -0.39 is 12.5 Å². The fraction of sp³-hybridized carbons (Fsp3) is 0.0909. The van der Waals surface area contributed by atoms with Crippen LogP contribution in [0.15, 0.2) is 91.0 Å². The first-order chi connectivity index (χ1) is 12.5. The molecule has 0 bridgehead atoms. The van der Waals surface area contributed by atoms with Gasteiger partial charge in [0, 0.05) is 10.9 Å². The second-order valence-electron chi connectivity index (χ2n) is 6.51. The second kappa shape index (κ2) is 6.26. The molecule has 1 aliphatic rings. The predicted molar refractivity (Wildman–Crippen MR) is 103 cm³/mol. The van der Waals surface area contributed by atoms with Crippen molar-refractivity contribution in [2.45, 2.75) is 12.1 Å². The smallest absolute Gasteiger partial charge is 0.291 e. The van der Waals surface area contributed by atoms with Crippen molar-refractivity contribution in [3.05, 3.63) is 108 Å². The van der Waals surface area contributed by atoms with Crippen LogP contribution in [0.2, 0.25) is 0 Å². The van der Waals surface area contributed by atoms with Crippen molar-refractivity contribution < 1.29 is 13.5 Å². The summed E-state index contributed by atoms with van der Waals surface area (Å²) in [5.41, 5.74) is 1.77. The molecule has 3 aromatic rings. The summed E-state index contributed by atoms with van der Waals surface area (Å²) >= 11 is 0. The minimum atomic E-state index is -3.37. The molecule has 0 amide bonds. The minimum absolute atomic E-state index is 0.364. The molecular weight excluding hydrogens is 346 g/mol. The van der Waals surface area contributed by atoms with Gasteiger partial charge in [-0.1, -0.05) is 60.7 Å². The molecule has 0 spiro atoms. The normalized spacial score (nSPS) is 24.8. The molecule has 4 heteroatoms. The molecule has 0 aromatic heterocycles. The average Bonchev–Trinajstić information content (AvgIpc) is 2.97. The van der Waals surface area contributed by atoms with Gasteiger partial charge in [-0.25, -0.2) is 4.39 Å². The molecule has 1 heterocycles. The van der Waals surface area contributed by atoms with Gasteiger partial charge in [0.1, 0.15) is 16.7 Å². The monoisotopic (exact) mass is 364 g/mol. The largest absolute Gasteiger partial charge is 0.439 e. The molecule has 2 unspecified atom stereocenters. The Balaban J connectivity index is 1.91. The highest BCUT2D eigenvalue weighted by Crippen LogP contribution is 2.70. The number of hydrogen-bond donors (Lipinski definition) is 0. The lowest BCUT2D eigenvalue weighted by molar-refractivity contribution is 0.466. The van der Waals surface area contributed by atoms with Crippen molar-refractivity contribution in [1.82, 2.24) is 0 Å². The lowest BCUT2D eigenvalue weighted by Crippen LogP contribution is -2.23. The number of rotatable bonds is 3. The molecule has 2 atom stereocenters. The quantitative estimate of drug-likeness (QED) is 0.556. The fourth-order valence-electron chi connectivity index (χ4n) is 3.33. The third-order valence-electron chi connectivity index (χ3n) is 4.83. The zero-order valence-electron chi connectivity index (χ0n) is 14.3. The summed E-state index contributed by atoms with van der Waals surface area (Å²) in [4.78, 5) is 0. The van der Waals surface area contributed by atoms with Crippen LogP contribution < -0.4 is 5.30 Å². The van der Waals surface area contributed by atoms with Crippen molar-refractivity contribution in [3.8, 4) is 0 Å². The van der Waals surface area contributed by atoms with Crippen LogP contribution in [-0.2, 0) is 14.2 Å². The Morgan fingerprint density at radius 2 is 1.42 bits per heavy atom. The van der Waals surface area contributed by atoms with Crippen molar-refractivity contribution in [1.29, 1.82) is 0 Å². The molecule has 4 rings (SSSR count). The summed E-state index contributed by atoms with van der Waals surface area (Å²) < 4.78 is 33.7. The summed E-state index contributed by atoms with van der Waals surface area (Å²) in [5.74, 6) is 0.224. The van der Waals surface area contributed by atoms with E-state index in [0.717, 1.165) is 11.1 Å². The van der Waals surface area contributed by atoms with Gasteiger partial charge in [-0.05, 0) is 42.8 Å². The van der Waals surface area contributed by atoms with Gasteiger partial charge in [0.15, 0.2) is 0 Å². The van der Waals surface area contributed by atoms with Gasteiger partial charge in [0.2, 0.25) is 0 Å². The highest BCUT2D eigenvalue weighted by atomic mass is 31.2. The van der Waals surface area contributed by atoms with Gasteiger partial charge in [-0.3, -0.25) is 4.57 Å². The molecule has 2 nitrogen and oxygen atoms in total. The molecule has 26 heavy (non-hydrogen) atoms. The Hall–Kier alpha value is -2.64. The molecule has 0 aliphatic carbocycles. The van der Waals surface area contributed by atoms with Crippen LogP contribution >= 0.6 is 7.37 Å². The summed E-state index contributed by atoms with van der Waals surface area (Å²) in [6.45, 7) is 1.92. The van der Waals surface area contributed by atoms with E-state index in [4.69, 9.17) is 4.52 Å². The van der Waals surface area contributed by atoms with Crippen molar-refractivity contribution in [2.24, 2.45) is 0 Å². The van der Waals surface area contributed by atoms with Crippen LogP contribution in [0.25, 0.3) is 5.76 Å². The second-order valence-corrected chi connectivity index (χ2v) is 9.24. The number of halogens is 1. The van der Waals surface area contributed by atoms with Crippen molar-refractivity contribution in [2.75, 3.05) is 0 Å². The van der Waals surface area contributed by atoms with E-state index in [2.05, 4.69) is 0 Å². The maximum atomic E-state index is 14.2. The zero-order valence-corrected chi connectivity index (χ0v) is 15.2. The van der Waals surface area contributed by atoms with Crippen LogP contribution in [0.1, 0.15) is 18.1 Å². The lowest BCUT2D eigenvalue weighted by Gasteiger charge is -2.30. The number of hydrogen-bond acceptors (Lipinski definition) is 2. The Bertz CT molecular complexity index is 997. The van der Waals surface area contributed by atoms with E-state index in [1.54, 1.807) is 12.1 Å². The third-order valence-corrected chi connectivity index (χ3v) is 7.88. The van der Waals surface area contributed by atoms with Gasteiger partial charge in [-0.15, -0.1) is 0 Å². The van der Waals surface area contributed by atoms with E-state index in [1.807, 2.05) is 73.7 Å². The molecule has 0 N–H and O–H groups in total. The fourth-order valence-corrected chi connectivity index (χ4v) is 5.91. The minimum Gasteiger partial charge on any atom is -0.439 e. The first-order valence-electron chi connectivity index (χ1n) is 8.43. The SMILES string of the molecule is CC1(c2ccccc2)C=C(c2ccccc2)OP1(=O)c1ccc(F)cc1. The van der Waals surface area contributed by atoms with Crippen LogP contribution in [0.5, 0.6) is 0 Å². The first-order valence-corrected chi connectivity index (χ1v) is 10.1. The Labute approximate surface area is 152 Å². The molecule has 0 saturated carbocycles. The van der Waals surface area contributed by atoms with E-state index in [0.29, 0.717) is 11.1 Å². The predicted octanol–water partition coefficient (Wildman–Crippen LogP) is 5.72. The molecule has 3 aromatic carbocycles. The summed E-state index contributed by atoms with van der Waals surface area (Å²) in [6.07, 6.45) is 1.93. The standard InChI is InChI=1S/C22H18FO2P/c1-22(18-10-6-3-7-11-18)16-21(17-8-4-2-5-9-17)25-26(22,24)20-14-12-19(23)13-15-20/h2-16H,1H3. The molecule has 0 saturated heterocycles. The van der Waals surface area contributed by atoms with Crippen LogP contribution in [-0.4, -0.2) is 0 Å². The molecule has 0 radical (unpaired) electrons. The van der Waals surface area contributed by atoms with Gasteiger partial charge in [0.25, 0.3) is 7.37 Å². The van der Waals surface area contributed by atoms with E-state index in [1.165, 1.54) is 12.1 Å². The summed E-state index contributed by atoms with van der Waals surface area (Å²) in [6, 6.07) is 25.0. The summed E-state index contributed by atoms with van der Waals surface area (Å²) in [7, 11) is -3.37. The number of allylic oxidation sites excluding steroid dienone is 1.